The Hall–Kier alpha value is -4.66. The summed E-state index contributed by atoms with van der Waals surface area (Å²) in [6, 6.07) is 21.5. The SMILES string of the molecule is COc1cc([C@@H]2CC(=O)Oc3n[nH]c(-c4cccc([N+](=O)[O-])c4)c32)ccc1OCc1ccccc1. The minimum absolute atomic E-state index is 0.0446. The third-order valence-electron chi connectivity index (χ3n) is 5.87. The Labute approximate surface area is 200 Å². The van der Waals surface area contributed by atoms with Crippen LogP contribution in [0.1, 0.15) is 29.0 Å². The fourth-order valence-electron chi connectivity index (χ4n) is 4.19. The van der Waals surface area contributed by atoms with Crippen LogP contribution in [0.3, 0.4) is 0 Å². The summed E-state index contributed by atoms with van der Waals surface area (Å²) < 4.78 is 16.9. The second kappa shape index (κ2) is 9.30. The lowest BCUT2D eigenvalue weighted by Gasteiger charge is -2.23. The summed E-state index contributed by atoms with van der Waals surface area (Å²) in [6.45, 7) is 0.384. The van der Waals surface area contributed by atoms with Crippen molar-refractivity contribution < 1.29 is 23.9 Å². The fourth-order valence-corrected chi connectivity index (χ4v) is 4.19. The van der Waals surface area contributed by atoms with E-state index in [1.54, 1.807) is 19.2 Å². The molecule has 1 aliphatic rings. The van der Waals surface area contributed by atoms with Gasteiger partial charge in [-0.25, -0.2) is 0 Å². The number of aromatic nitrogens is 2. The van der Waals surface area contributed by atoms with Crippen molar-refractivity contribution in [2.24, 2.45) is 0 Å². The number of nitrogens with zero attached hydrogens (tertiary/aromatic N) is 2. The molecule has 35 heavy (non-hydrogen) atoms. The first kappa shape index (κ1) is 22.1. The smallest absolute Gasteiger partial charge is 0.313 e. The molecule has 2 heterocycles. The van der Waals surface area contributed by atoms with E-state index in [9.17, 15) is 14.9 Å². The molecule has 0 saturated carbocycles. The largest absolute Gasteiger partial charge is 0.493 e. The van der Waals surface area contributed by atoms with Crippen LogP contribution in [0.5, 0.6) is 17.4 Å². The van der Waals surface area contributed by atoms with E-state index in [-0.39, 0.29) is 18.0 Å². The molecule has 0 saturated heterocycles. The van der Waals surface area contributed by atoms with Crippen LogP contribution in [0.4, 0.5) is 5.69 Å². The summed E-state index contributed by atoms with van der Waals surface area (Å²) in [4.78, 5) is 23.2. The van der Waals surface area contributed by atoms with Crippen molar-refractivity contribution >= 4 is 11.7 Å². The Morgan fingerprint density at radius 2 is 1.91 bits per heavy atom. The third kappa shape index (κ3) is 4.43. The van der Waals surface area contributed by atoms with Gasteiger partial charge in [-0.05, 0) is 23.3 Å². The normalized spacial score (nSPS) is 14.7. The molecule has 5 rings (SSSR count). The molecule has 0 spiro atoms. The quantitative estimate of drug-likeness (QED) is 0.229. The lowest BCUT2D eigenvalue weighted by molar-refractivity contribution is -0.384. The highest BCUT2D eigenvalue weighted by Gasteiger charge is 2.34. The average Bonchev–Trinajstić information content (AvgIpc) is 3.31. The van der Waals surface area contributed by atoms with E-state index in [0.717, 1.165) is 11.1 Å². The topological polar surface area (TPSA) is 117 Å². The number of carbonyl (C=O) groups is 1. The van der Waals surface area contributed by atoms with Crippen LogP contribution in [0.2, 0.25) is 0 Å². The van der Waals surface area contributed by atoms with Crippen molar-refractivity contribution in [3.8, 4) is 28.6 Å². The van der Waals surface area contributed by atoms with Gasteiger partial charge >= 0.3 is 5.97 Å². The van der Waals surface area contributed by atoms with Gasteiger partial charge in [0, 0.05) is 23.6 Å². The van der Waals surface area contributed by atoms with Crippen LogP contribution in [0, 0.1) is 10.1 Å². The first-order chi connectivity index (χ1) is 17.0. The maximum Gasteiger partial charge on any atom is 0.313 e. The first-order valence-electron chi connectivity index (χ1n) is 10.9. The number of fused-ring (bicyclic) bond motifs is 1. The molecule has 176 valence electrons. The van der Waals surface area contributed by atoms with Gasteiger partial charge in [-0.2, -0.15) is 0 Å². The van der Waals surface area contributed by atoms with E-state index in [4.69, 9.17) is 14.2 Å². The van der Waals surface area contributed by atoms with E-state index in [0.29, 0.717) is 34.9 Å². The van der Waals surface area contributed by atoms with E-state index in [2.05, 4.69) is 10.2 Å². The summed E-state index contributed by atoms with van der Waals surface area (Å²) in [7, 11) is 1.56. The molecule has 9 heteroatoms. The van der Waals surface area contributed by atoms with Crippen molar-refractivity contribution in [3.63, 3.8) is 0 Å². The molecule has 0 aliphatic carbocycles. The van der Waals surface area contributed by atoms with Crippen LogP contribution in [0.25, 0.3) is 11.3 Å². The molecule has 1 atom stereocenters. The Balaban J connectivity index is 1.50. The Morgan fingerprint density at radius 3 is 2.69 bits per heavy atom. The van der Waals surface area contributed by atoms with Crippen LogP contribution in [0.15, 0.2) is 72.8 Å². The van der Waals surface area contributed by atoms with Gasteiger partial charge in [0.15, 0.2) is 11.5 Å². The van der Waals surface area contributed by atoms with Gasteiger partial charge in [0.05, 0.1) is 29.7 Å². The maximum absolute atomic E-state index is 12.4. The number of benzene rings is 3. The Bertz CT molecular complexity index is 1400. The molecule has 1 aromatic heterocycles. The van der Waals surface area contributed by atoms with Crippen molar-refractivity contribution in [1.29, 1.82) is 0 Å². The summed E-state index contributed by atoms with van der Waals surface area (Å²) in [5.41, 5.74) is 3.58. The number of ether oxygens (including phenoxy) is 3. The molecule has 0 radical (unpaired) electrons. The lowest BCUT2D eigenvalue weighted by Crippen LogP contribution is -2.21. The number of hydrogen-bond donors (Lipinski definition) is 1. The zero-order chi connectivity index (χ0) is 24.4. The highest BCUT2D eigenvalue weighted by Crippen LogP contribution is 2.45. The number of nitro benzene ring substituents is 1. The third-order valence-corrected chi connectivity index (χ3v) is 5.87. The maximum atomic E-state index is 12.4. The molecule has 0 unspecified atom stereocenters. The number of nitro groups is 1. The minimum Gasteiger partial charge on any atom is -0.493 e. The minimum atomic E-state index is -0.455. The second-order valence-corrected chi connectivity index (χ2v) is 8.04. The first-order valence-corrected chi connectivity index (χ1v) is 10.9. The second-order valence-electron chi connectivity index (χ2n) is 8.04. The number of carbonyl (C=O) groups excluding carboxylic acids is 1. The predicted molar refractivity (Wildman–Crippen MR) is 127 cm³/mol. The fraction of sp³-hybridized carbons (Fsp3) is 0.154. The van der Waals surface area contributed by atoms with E-state index >= 15 is 0 Å². The number of nitrogens with one attached hydrogen (secondary N) is 1. The molecule has 0 fully saturated rings. The van der Waals surface area contributed by atoms with Crippen molar-refractivity contribution in [1.82, 2.24) is 10.2 Å². The number of hydrogen-bond acceptors (Lipinski definition) is 7. The number of non-ortho nitro benzene ring substituents is 1. The highest BCUT2D eigenvalue weighted by molar-refractivity contribution is 5.80. The van der Waals surface area contributed by atoms with Crippen LogP contribution in [-0.2, 0) is 11.4 Å². The summed E-state index contributed by atoms with van der Waals surface area (Å²) in [5, 5.41) is 18.3. The highest BCUT2D eigenvalue weighted by atomic mass is 16.6. The molecule has 1 N–H and O–H groups in total. The van der Waals surface area contributed by atoms with Gasteiger partial charge in [-0.3, -0.25) is 20.0 Å². The summed E-state index contributed by atoms with van der Waals surface area (Å²) in [5.74, 6) is 0.458. The van der Waals surface area contributed by atoms with E-state index in [1.165, 1.54) is 12.1 Å². The van der Waals surface area contributed by atoms with Gasteiger partial charge < -0.3 is 14.2 Å². The van der Waals surface area contributed by atoms with Crippen molar-refractivity contribution in [3.05, 3.63) is 99.6 Å². The van der Waals surface area contributed by atoms with Crippen LogP contribution < -0.4 is 14.2 Å². The van der Waals surface area contributed by atoms with E-state index in [1.807, 2.05) is 48.5 Å². The number of H-pyrrole nitrogens is 1. The number of rotatable bonds is 7. The van der Waals surface area contributed by atoms with E-state index < -0.39 is 16.8 Å². The molecule has 4 aromatic rings. The number of aromatic amines is 1. The summed E-state index contributed by atoms with van der Waals surface area (Å²) in [6.07, 6.45) is 0.0852. The van der Waals surface area contributed by atoms with Gasteiger partial charge in [0.25, 0.3) is 5.69 Å². The molecule has 0 amide bonds. The molecular formula is C26H21N3O6. The zero-order valence-electron chi connectivity index (χ0n) is 18.8. The van der Waals surface area contributed by atoms with Crippen LogP contribution in [-0.4, -0.2) is 28.2 Å². The van der Waals surface area contributed by atoms with Crippen molar-refractivity contribution in [2.75, 3.05) is 7.11 Å². The zero-order valence-corrected chi connectivity index (χ0v) is 18.8. The van der Waals surface area contributed by atoms with Gasteiger partial charge in [-0.15, -0.1) is 5.10 Å². The average molecular weight is 471 g/mol. The number of esters is 1. The lowest BCUT2D eigenvalue weighted by atomic mass is 9.85. The molecule has 0 bridgehead atoms. The molecule has 9 nitrogen and oxygen atoms in total. The van der Waals surface area contributed by atoms with Gasteiger partial charge in [0.2, 0.25) is 5.88 Å². The predicted octanol–water partition coefficient (Wildman–Crippen LogP) is 5.01. The molecule has 1 aliphatic heterocycles. The van der Waals surface area contributed by atoms with Gasteiger partial charge in [-0.1, -0.05) is 48.5 Å². The van der Waals surface area contributed by atoms with Crippen LogP contribution >= 0.6 is 0 Å². The molecular weight excluding hydrogens is 450 g/mol. The standard InChI is InChI=1S/C26H21N3O6/c1-33-22-13-17(10-11-21(22)34-15-16-6-3-2-4-7-16)20-14-23(30)35-26-24(20)25(27-28-26)18-8-5-9-19(12-18)29(31)32/h2-13,20H,14-15H2,1H3,(H,27,28)/t20-/m0/s1. The Morgan fingerprint density at radius 1 is 1.09 bits per heavy atom. The molecule has 3 aromatic carbocycles. The number of methoxy groups -OCH3 is 1. The monoisotopic (exact) mass is 471 g/mol. The van der Waals surface area contributed by atoms with Crippen molar-refractivity contribution in [2.45, 2.75) is 18.9 Å². The van der Waals surface area contributed by atoms with Gasteiger partial charge in [0.1, 0.15) is 6.61 Å². The Kier molecular flexibility index (Phi) is 5.88. The summed E-state index contributed by atoms with van der Waals surface area (Å²) >= 11 is 0.